The number of aliphatic hydroxyl groups excluding tert-OH is 4. The molecule has 7 nitrogen and oxygen atoms in total. The summed E-state index contributed by atoms with van der Waals surface area (Å²) in [5, 5.41) is 35.7. The average molecular weight is 214 g/mol. The molecule has 5 N–H and O–H groups in total. The molecule has 8 heteroatoms. The molecule has 0 aromatic carbocycles. The minimum Gasteiger partial charge on any atom is -0.394 e. The van der Waals surface area contributed by atoms with Gasteiger partial charge in [0, 0.05) is 0 Å². The molecule has 1 rings (SSSR count). The average Bonchev–Trinajstić information content (AvgIpc) is 2.08. The van der Waals surface area contributed by atoms with Gasteiger partial charge in [0.05, 0.1) is 6.61 Å². The van der Waals surface area contributed by atoms with Crippen molar-refractivity contribution in [3.8, 4) is 0 Å². The first-order valence-corrected chi connectivity index (χ1v) is 5.20. The smallest absolute Gasteiger partial charge is 0.359 e. The maximum atomic E-state index is 11.0. The van der Waals surface area contributed by atoms with E-state index in [1.807, 2.05) is 0 Å². The monoisotopic (exact) mass is 214 g/mol. The van der Waals surface area contributed by atoms with Gasteiger partial charge in [-0.2, -0.15) is 0 Å². The summed E-state index contributed by atoms with van der Waals surface area (Å²) >= 11 is 0. The van der Waals surface area contributed by atoms with Crippen LogP contribution in [0.2, 0.25) is 0 Å². The van der Waals surface area contributed by atoms with Gasteiger partial charge in [0.25, 0.3) is 0 Å². The Morgan fingerprint density at radius 1 is 1.23 bits per heavy atom. The van der Waals surface area contributed by atoms with E-state index in [9.17, 15) is 4.57 Å². The van der Waals surface area contributed by atoms with Crippen LogP contribution in [0.15, 0.2) is 0 Å². The van der Waals surface area contributed by atoms with E-state index in [4.69, 9.17) is 25.3 Å². The Bertz CT molecular complexity index is 229. The molecule has 1 saturated heterocycles. The lowest BCUT2D eigenvalue weighted by Gasteiger charge is -2.36. The lowest BCUT2D eigenvalue weighted by molar-refractivity contribution is -0.121. The molecule has 0 bridgehead atoms. The fraction of sp³-hybridized carbons (Fsp3) is 1.00. The first-order valence-electron chi connectivity index (χ1n) is 3.56. The zero-order chi connectivity index (χ0) is 10.2. The molecule has 13 heavy (non-hydrogen) atoms. The predicted molar refractivity (Wildman–Crippen MR) is 39.8 cm³/mol. The van der Waals surface area contributed by atoms with Gasteiger partial charge >= 0.3 is 7.60 Å². The summed E-state index contributed by atoms with van der Waals surface area (Å²) in [6, 6.07) is 0. The molecule has 1 fully saturated rings. The highest BCUT2D eigenvalue weighted by Crippen LogP contribution is 2.52. The standard InChI is InChI=1S/C5H11O7P/c6-1-2-3(7)4(8)5(9)13(10,11)12-2/h2-9H,1H2,(H,10,11)/t2-,3-,4+,5-/m1/s1. The maximum Gasteiger partial charge on any atom is 0.359 e. The maximum absolute atomic E-state index is 11.0. The lowest BCUT2D eigenvalue weighted by Crippen LogP contribution is -2.51. The van der Waals surface area contributed by atoms with Crippen molar-refractivity contribution in [3.63, 3.8) is 0 Å². The zero-order valence-electron chi connectivity index (χ0n) is 6.52. The quantitative estimate of drug-likeness (QED) is 0.308. The van der Waals surface area contributed by atoms with Crippen molar-refractivity contribution in [1.29, 1.82) is 0 Å². The summed E-state index contributed by atoms with van der Waals surface area (Å²) in [6.07, 6.45) is -4.72. The largest absolute Gasteiger partial charge is 0.394 e. The minimum atomic E-state index is -4.36. The Morgan fingerprint density at radius 2 is 1.77 bits per heavy atom. The van der Waals surface area contributed by atoms with Crippen molar-refractivity contribution in [2.45, 2.75) is 24.2 Å². The van der Waals surface area contributed by atoms with E-state index in [0.29, 0.717) is 0 Å². The fourth-order valence-electron chi connectivity index (χ4n) is 1.05. The molecule has 0 aromatic heterocycles. The lowest BCUT2D eigenvalue weighted by atomic mass is 10.1. The van der Waals surface area contributed by atoms with Crippen molar-refractivity contribution in [2.24, 2.45) is 0 Å². The summed E-state index contributed by atoms with van der Waals surface area (Å²) in [5.41, 5.74) is 0. The SMILES string of the molecule is O=P1(O)O[C@H](CO)[C@@H](O)[C@H](O)[C@@H]1O. The number of hydrogen-bond acceptors (Lipinski definition) is 6. The summed E-state index contributed by atoms with van der Waals surface area (Å²) < 4.78 is 15.3. The molecule has 1 heterocycles. The van der Waals surface area contributed by atoms with Crippen molar-refractivity contribution in [1.82, 2.24) is 0 Å². The topological polar surface area (TPSA) is 127 Å². The van der Waals surface area contributed by atoms with Gasteiger partial charge in [-0.05, 0) is 0 Å². The van der Waals surface area contributed by atoms with Gasteiger partial charge in [-0.3, -0.25) is 9.09 Å². The summed E-state index contributed by atoms with van der Waals surface area (Å²) in [6.45, 7) is -0.713. The molecule has 78 valence electrons. The van der Waals surface area contributed by atoms with Crippen molar-refractivity contribution in [2.75, 3.05) is 6.61 Å². The van der Waals surface area contributed by atoms with Crippen LogP contribution in [0.3, 0.4) is 0 Å². The third-order valence-electron chi connectivity index (χ3n) is 1.84. The van der Waals surface area contributed by atoms with E-state index >= 15 is 0 Å². The van der Waals surface area contributed by atoms with Gasteiger partial charge < -0.3 is 25.3 Å². The summed E-state index contributed by atoms with van der Waals surface area (Å²) in [7, 11) is -4.36. The first-order chi connectivity index (χ1) is 5.90. The Hall–Kier alpha value is -0.0100. The van der Waals surface area contributed by atoms with E-state index in [1.165, 1.54) is 0 Å². The molecule has 1 aliphatic heterocycles. The van der Waals surface area contributed by atoms with E-state index in [1.54, 1.807) is 0 Å². The second kappa shape index (κ2) is 3.62. The highest BCUT2D eigenvalue weighted by Gasteiger charge is 2.49. The number of aliphatic hydroxyl groups is 4. The van der Waals surface area contributed by atoms with Crippen molar-refractivity contribution in [3.05, 3.63) is 0 Å². The molecular weight excluding hydrogens is 203 g/mol. The number of rotatable bonds is 1. The Kier molecular flexibility index (Phi) is 3.09. The van der Waals surface area contributed by atoms with Crippen LogP contribution in [0.5, 0.6) is 0 Å². The van der Waals surface area contributed by atoms with Gasteiger partial charge in [-0.1, -0.05) is 0 Å². The second-order valence-corrected chi connectivity index (χ2v) is 4.65. The van der Waals surface area contributed by atoms with Gasteiger partial charge in [-0.25, -0.2) is 0 Å². The Morgan fingerprint density at radius 3 is 2.23 bits per heavy atom. The van der Waals surface area contributed by atoms with Crippen LogP contribution < -0.4 is 0 Å². The predicted octanol–water partition coefficient (Wildman–Crippen LogP) is -2.40. The van der Waals surface area contributed by atoms with Crippen molar-refractivity contribution >= 4 is 7.60 Å². The normalized spacial score (nSPS) is 52.1. The van der Waals surface area contributed by atoms with Gasteiger partial charge in [0.15, 0.2) is 5.85 Å². The second-order valence-electron chi connectivity index (χ2n) is 2.79. The van der Waals surface area contributed by atoms with Crippen LogP contribution in [0.1, 0.15) is 0 Å². The van der Waals surface area contributed by atoms with E-state index in [-0.39, 0.29) is 0 Å². The zero-order valence-corrected chi connectivity index (χ0v) is 7.41. The molecule has 0 radical (unpaired) electrons. The highest BCUT2D eigenvalue weighted by atomic mass is 31.2. The van der Waals surface area contributed by atoms with Crippen LogP contribution in [-0.4, -0.2) is 56.1 Å². The van der Waals surface area contributed by atoms with Crippen LogP contribution in [0, 0.1) is 0 Å². The van der Waals surface area contributed by atoms with Crippen LogP contribution in [0.4, 0.5) is 0 Å². The molecule has 1 unspecified atom stereocenters. The number of hydrogen-bond donors (Lipinski definition) is 5. The van der Waals surface area contributed by atoms with Crippen LogP contribution in [-0.2, 0) is 9.09 Å². The Labute approximate surface area is 73.7 Å². The third kappa shape index (κ3) is 1.92. The van der Waals surface area contributed by atoms with E-state index in [0.717, 1.165) is 0 Å². The van der Waals surface area contributed by atoms with E-state index < -0.39 is 38.4 Å². The summed E-state index contributed by atoms with van der Waals surface area (Å²) in [5.74, 6) is -2.04. The van der Waals surface area contributed by atoms with Gasteiger partial charge in [0.1, 0.15) is 18.3 Å². The molecule has 0 aromatic rings. The minimum absolute atomic E-state index is 0.713. The molecule has 1 aliphatic rings. The molecule has 0 saturated carbocycles. The first kappa shape index (κ1) is 11.1. The van der Waals surface area contributed by atoms with Crippen LogP contribution in [0.25, 0.3) is 0 Å². The van der Waals surface area contributed by atoms with Crippen molar-refractivity contribution < 1.29 is 34.4 Å². The Balaban J connectivity index is 2.85. The molecule has 0 aliphatic carbocycles. The van der Waals surface area contributed by atoms with E-state index in [2.05, 4.69) is 4.52 Å². The van der Waals surface area contributed by atoms with Gasteiger partial charge in [-0.15, -0.1) is 0 Å². The fourth-order valence-corrected chi connectivity index (χ4v) is 2.32. The highest BCUT2D eigenvalue weighted by molar-refractivity contribution is 7.53. The molecule has 0 amide bonds. The molecule has 0 spiro atoms. The van der Waals surface area contributed by atoms with Gasteiger partial charge in [0.2, 0.25) is 0 Å². The van der Waals surface area contributed by atoms with Crippen LogP contribution >= 0.6 is 7.60 Å². The molecule has 5 atom stereocenters. The summed E-state index contributed by atoms with van der Waals surface area (Å²) in [4.78, 5) is 8.93. The molecular formula is C5H11O7P. The third-order valence-corrected chi connectivity index (χ3v) is 3.38.